The van der Waals surface area contributed by atoms with Crippen LogP contribution >= 0.6 is 0 Å². The van der Waals surface area contributed by atoms with Gasteiger partial charge in [0.05, 0.1) is 0 Å². The van der Waals surface area contributed by atoms with Crippen molar-refractivity contribution in [3.8, 4) is 5.75 Å². The van der Waals surface area contributed by atoms with Crippen LogP contribution in [0.1, 0.15) is 46.1 Å². The molecule has 0 aliphatic heterocycles. The Morgan fingerprint density at radius 1 is 1.35 bits per heavy atom. The highest BCUT2D eigenvalue weighted by Gasteiger charge is 2.39. The number of anilines is 1. The van der Waals surface area contributed by atoms with E-state index in [9.17, 15) is 4.79 Å². The second-order valence-corrected chi connectivity index (χ2v) is 12.2. The molecule has 1 amide bonds. The number of nitrogens with one attached hydrogen (secondary N) is 1. The molecule has 126 valence electrons. The normalized spacial score (nSPS) is 11.8. The van der Waals surface area contributed by atoms with Gasteiger partial charge in [0, 0.05) is 5.69 Å². The maximum absolute atomic E-state index is 11.5. The molecule has 1 N–H and O–H groups in total. The molecule has 0 saturated carbocycles. The zero-order chi connectivity index (χ0) is 17.8. The van der Waals surface area contributed by atoms with E-state index in [0.29, 0.717) is 5.69 Å². The molecule has 0 spiro atoms. The Morgan fingerprint density at radius 2 is 1.96 bits per heavy atom. The molecule has 0 bridgehead atoms. The quantitative estimate of drug-likeness (QED) is 0.374. The molecule has 0 aromatic heterocycles. The lowest BCUT2D eigenvalue weighted by atomic mass is 10.0. The Labute approximate surface area is 139 Å². The van der Waals surface area contributed by atoms with E-state index in [1.165, 1.54) is 0 Å². The van der Waals surface area contributed by atoms with Crippen molar-refractivity contribution in [3.63, 3.8) is 0 Å². The van der Waals surface area contributed by atoms with Gasteiger partial charge in [0.25, 0.3) is 0 Å². The number of nitrogens with zero attached hydrogens (tertiary/aromatic N) is 2. The Kier molecular flexibility index (Phi) is 5.91. The van der Waals surface area contributed by atoms with E-state index in [2.05, 4.69) is 57.8 Å². The van der Waals surface area contributed by atoms with Gasteiger partial charge in [-0.25, -0.2) is 0 Å². The third-order valence-corrected chi connectivity index (χ3v) is 8.59. The van der Waals surface area contributed by atoms with Crippen LogP contribution in [0.5, 0.6) is 5.75 Å². The number of benzene rings is 1. The summed E-state index contributed by atoms with van der Waals surface area (Å²) in [5.74, 6) is 0.666. The predicted octanol–water partition coefficient (Wildman–Crippen LogP) is 4.43. The van der Waals surface area contributed by atoms with Crippen LogP contribution in [0.15, 0.2) is 18.2 Å². The van der Waals surface area contributed by atoms with Gasteiger partial charge in [-0.3, -0.25) is 4.79 Å². The summed E-state index contributed by atoms with van der Waals surface area (Å²) < 4.78 is 6.43. The van der Waals surface area contributed by atoms with Crippen LogP contribution < -0.4 is 9.74 Å². The molecule has 0 aliphatic carbocycles. The van der Waals surface area contributed by atoms with Crippen LogP contribution in [0.3, 0.4) is 0 Å². The summed E-state index contributed by atoms with van der Waals surface area (Å²) in [6, 6.07) is 5.62. The summed E-state index contributed by atoms with van der Waals surface area (Å²) in [7, 11) is -1.93. The van der Waals surface area contributed by atoms with Gasteiger partial charge in [-0.05, 0) is 47.8 Å². The van der Waals surface area contributed by atoms with Crippen LogP contribution in [-0.4, -0.2) is 25.2 Å². The van der Waals surface area contributed by atoms with Crippen molar-refractivity contribution in [3.05, 3.63) is 29.3 Å². The van der Waals surface area contributed by atoms with Gasteiger partial charge in [-0.1, -0.05) is 34.6 Å². The number of rotatable bonds is 5. The molecular formula is C17H27N3O2Si. The number of carbonyl (C=O) groups excluding carboxylic acids is 1. The minimum absolute atomic E-state index is 0.117. The molecule has 23 heavy (non-hydrogen) atoms. The van der Waals surface area contributed by atoms with Crippen LogP contribution in [0.25, 0.3) is 5.53 Å². The van der Waals surface area contributed by atoms with E-state index < -0.39 is 14.2 Å². The Bertz CT molecular complexity index is 627. The maximum Gasteiger partial charge on any atom is 0.344 e. The van der Waals surface area contributed by atoms with Crippen molar-refractivity contribution in [2.45, 2.75) is 58.7 Å². The molecule has 0 saturated heterocycles. The van der Waals surface area contributed by atoms with Crippen LogP contribution in [-0.2, 0) is 4.79 Å². The predicted molar refractivity (Wildman–Crippen MR) is 96.7 cm³/mol. The average Bonchev–Trinajstić information content (AvgIpc) is 2.38. The summed E-state index contributed by atoms with van der Waals surface area (Å²) in [4.78, 5) is 14.2. The lowest BCUT2D eigenvalue weighted by Crippen LogP contribution is -2.44. The van der Waals surface area contributed by atoms with Crippen molar-refractivity contribution in [2.24, 2.45) is 0 Å². The van der Waals surface area contributed by atoms with E-state index in [4.69, 9.17) is 9.96 Å². The summed E-state index contributed by atoms with van der Waals surface area (Å²) in [5.41, 5.74) is 10.1. The third-order valence-electron chi connectivity index (χ3n) is 4.25. The fourth-order valence-electron chi connectivity index (χ4n) is 1.83. The van der Waals surface area contributed by atoms with E-state index in [-0.39, 0.29) is 11.0 Å². The zero-order valence-electron chi connectivity index (χ0n) is 15.1. The fourth-order valence-corrected chi connectivity index (χ4v) is 2.87. The lowest BCUT2D eigenvalue weighted by molar-refractivity contribution is -0.113. The Morgan fingerprint density at radius 3 is 2.43 bits per heavy atom. The highest BCUT2D eigenvalue weighted by Crippen LogP contribution is 2.39. The lowest BCUT2D eigenvalue weighted by Gasteiger charge is -2.37. The molecule has 0 fully saturated rings. The minimum Gasteiger partial charge on any atom is -0.543 e. The van der Waals surface area contributed by atoms with Gasteiger partial charge in [-0.2, -0.15) is 4.79 Å². The number of hydrogen-bond donors (Lipinski definition) is 1. The first-order chi connectivity index (χ1) is 10.5. The summed E-state index contributed by atoms with van der Waals surface area (Å²) in [5, 5.41) is 2.78. The first-order valence-corrected chi connectivity index (χ1v) is 10.7. The summed E-state index contributed by atoms with van der Waals surface area (Å²) in [6.45, 7) is 15.2. The van der Waals surface area contributed by atoms with Gasteiger partial charge < -0.3 is 15.3 Å². The first-order valence-electron chi connectivity index (χ1n) is 7.79. The SMILES string of the molecule is CC(C)c1cc(NC(=O)C=[N+]=[N-])ccc1O[Si](C)(C)C(C)(C)C. The van der Waals surface area contributed by atoms with Crippen molar-refractivity contribution < 1.29 is 14.0 Å². The molecule has 1 aromatic rings. The summed E-state index contributed by atoms with van der Waals surface area (Å²) >= 11 is 0. The third kappa shape index (κ3) is 5.05. The molecule has 0 radical (unpaired) electrons. The van der Waals surface area contributed by atoms with Crippen molar-refractivity contribution in [1.29, 1.82) is 0 Å². The molecule has 0 atom stereocenters. The summed E-state index contributed by atoms with van der Waals surface area (Å²) in [6.07, 6.45) is 0.828. The second kappa shape index (κ2) is 7.11. The number of carbonyl (C=O) groups is 1. The largest absolute Gasteiger partial charge is 0.543 e. The standard InChI is InChI=1S/C17H27N3O2Si/c1-12(2)14-10-13(20-16(21)11-19-18)8-9-15(14)22-23(6,7)17(3,4)5/h8-12H,1-7H3,(H,20,21). The molecule has 0 aliphatic rings. The molecular weight excluding hydrogens is 306 g/mol. The van der Waals surface area contributed by atoms with Crippen molar-refractivity contribution in [2.75, 3.05) is 5.32 Å². The second-order valence-electron chi connectivity index (χ2n) is 7.50. The average molecular weight is 334 g/mol. The number of amides is 1. The topological polar surface area (TPSA) is 74.7 Å². The van der Waals surface area contributed by atoms with Crippen LogP contribution in [0, 0.1) is 0 Å². The molecule has 6 heteroatoms. The highest BCUT2D eigenvalue weighted by molar-refractivity contribution is 6.74. The molecule has 0 heterocycles. The molecule has 5 nitrogen and oxygen atoms in total. The van der Waals surface area contributed by atoms with Crippen LogP contribution in [0.4, 0.5) is 5.69 Å². The number of hydrogen-bond acceptors (Lipinski definition) is 2. The maximum atomic E-state index is 11.5. The zero-order valence-corrected chi connectivity index (χ0v) is 16.1. The van der Waals surface area contributed by atoms with E-state index in [1.807, 2.05) is 12.1 Å². The Balaban J connectivity index is 3.15. The smallest absolute Gasteiger partial charge is 0.344 e. The van der Waals surface area contributed by atoms with Crippen molar-refractivity contribution >= 4 is 26.1 Å². The minimum atomic E-state index is -1.93. The van der Waals surface area contributed by atoms with Gasteiger partial charge in [0.2, 0.25) is 8.32 Å². The first kappa shape index (κ1) is 19.1. The van der Waals surface area contributed by atoms with Gasteiger partial charge >= 0.3 is 12.1 Å². The van der Waals surface area contributed by atoms with Crippen LogP contribution in [0.2, 0.25) is 18.1 Å². The van der Waals surface area contributed by atoms with Gasteiger partial charge in [-0.15, -0.1) is 0 Å². The molecule has 1 aromatic carbocycles. The molecule has 0 unspecified atom stereocenters. The Hall–Kier alpha value is -1.91. The van der Waals surface area contributed by atoms with Gasteiger partial charge in [0.15, 0.2) is 0 Å². The van der Waals surface area contributed by atoms with Crippen molar-refractivity contribution in [1.82, 2.24) is 0 Å². The highest BCUT2D eigenvalue weighted by atomic mass is 28.4. The van der Waals surface area contributed by atoms with E-state index in [0.717, 1.165) is 17.5 Å². The fraction of sp³-hybridized carbons (Fsp3) is 0.529. The van der Waals surface area contributed by atoms with Gasteiger partial charge in [0.1, 0.15) is 5.75 Å². The molecule has 1 rings (SSSR count). The van der Waals surface area contributed by atoms with E-state index in [1.54, 1.807) is 6.07 Å². The van der Waals surface area contributed by atoms with E-state index >= 15 is 0 Å². The monoisotopic (exact) mass is 333 g/mol.